The highest BCUT2D eigenvalue weighted by molar-refractivity contribution is 6.49. The standard InChI is InChI=1S/C5H5Cl2/c6-5(7)3-1-2-4-5/h4H,1,3H2. The van der Waals surface area contributed by atoms with Gasteiger partial charge in [-0.3, -0.25) is 0 Å². The van der Waals surface area contributed by atoms with Gasteiger partial charge in [-0.05, 0) is 25.0 Å². The summed E-state index contributed by atoms with van der Waals surface area (Å²) in [6, 6.07) is 0. The summed E-state index contributed by atoms with van der Waals surface area (Å²) in [6.07, 6.45) is 6.34. The Hall–Kier alpha value is 0.320. The van der Waals surface area contributed by atoms with Crippen molar-refractivity contribution in [2.75, 3.05) is 0 Å². The van der Waals surface area contributed by atoms with Gasteiger partial charge in [0.25, 0.3) is 0 Å². The second-order valence-corrected chi connectivity index (χ2v) is 3.15. The Labute approximate surface area is 53.1 Å². The van der Waals surface area contributed by atoms with Crippen LogP contribution in [-0.2, 0) is 0 Å². The third-order valence-electron chi connectivity index (χ3n) is 0.916. The molecule has 1 radical (unpaired) electrons. The predicted octanol–water partition coefficient (Wildman–Crippen LogP) is 2.31. The van der Waals surface area contributed by atoms with E-state index in [1.54, 1.807) is 6.08 Å². The van der Waals surface area contributed by atoms with Crippen LogP contribution >= 0.6 is 23.2 Å². The average molecular weight is 136 g/mol. The zero-order chi connectivity index (χ0) is 5.33. The molecule has 0 saturated heterocycles. The van der Waals surface area contributed by atoms with E-state index in [2.05, 4.69) is 6.08 Å². The van der Waals surface area contributed by atoms with Gasteiger partial charge in [0, 0.05) is 0 Å². The summed E-state index contributed by atoms with van der Waals surface area (Å²) in [6.45, 7) is 0. The Morgan fingerprint density at radius 1 is 1.57 bits per heavy atom. The summed E-state index contributed by atoms with van der Waals surface area (Å²) in [7, 11) is 0. The van der Waals surface area contributed by atoms with Gasteiger partial charge in [0.15, 0.2) is 0 Å². The molecule has 7 heavy (non-hydrogen) atoms. The molecule has 0 atom stereocenters. The highest BCUT2D eigenvalue weighted by Gasteiger charge is 2.22. The highest BCUT2D eigenvalue weighted by atomic mass is 35.5. The highest BCUT2D eigenvalue weighted by Crippen LogP contribution is 2.32. The van der Waals surface area contributed by atoms with E-state index in [1.165, 1.54) is 0 Å². The van der Waals surface area contributed by atoms with E-state index >= 15 is 0 Å². The van der Waals surface area contributed by atoms with E-state index in [0.717, 1.165) is 12.8 Å². The van der Waals surface area contributed by atoms with Crippen LogP contribution in [0.25, 0.3) is 0 Å². The van der Waals surface area contributed by atoms with Crippen LogP contribution in [0.3, 0.4) is 0 Å². The first-order valence-corrected chi connectivity index (χ1v) is 2.92. The summed E-state index contributed by atoms with van der Waals surface area (Å²) in [4.78, 5) is 0. The summed E-state index contributed by atoms with van der Waals surface area (Å²) < 4.78 is -0.597. The molecule has 0 aromatic carbocycles. The van der Waals surface area contributed by atoms with Gasteiger partial charge in [-0.15, -0.1) is 0 Å². The molecule has 0 spiro atoms. The molecule has 0 heterocycles. The van der Waals surface area contributed by atoms with Gasteiger partial charge in [-0.1, -0.05) is 23.2 Å². The van der Waals surface area contributed by atoms with Crippen LogP contribution in [0.2, 0.25) is 0 Å². The number of hydrogen-bond donors (Lipinski definition) is 0. The molecule has 0 aromatic rings. The zero-order valence-corrected chi connectivity index (χ0v) is 5.26. The Balaban J connectivity index is 2.57. The lowest BCUT2D eigenvalue weighted by Gasteiger charge is -2.04. The van der Waals surface area contributed by atoms with Crippen molar-refractivity contribution in [3.63, 3.8) is 0 Å². The molecule has 0 bridgehead atoms. The predicted molar refractivity (Wildman–Crippen MR) is 31.5 cm³/mol. The first kappa shape index (κ1) is 5.46. The topological polar surface area (TPSA) is 0 Å². The molecule has 0 unspecified atom stereocenters. The molecular formula is C5H5Cl2. The number of alkyl halides is 2. The van der Waals surface area contributed by atoms with E-state index < -0.39 is 4.33 Å². The summed E-state index contributed by atoms with van der Waals surface area (Å²) >= 11 is 11.2. The second kappa shape index (κ2) is 1.68. The lowest BCUT2D eigenvalue weighted by atomic mass is 10.3. The third-order valence-corrected chi connectivity index (χ3v) is 1.51. The molecule has 0 amide bonds. The van der Waals surface area contributed by atoms with Gasteiger partial charge >= 0.3 is 0 Å². The molecule has 0 fully saturated rings. The molecular weight excluding hydrogens is 131 g/mol. The molecule has 0 aliphatic heterocycles. The molecule has 1 aliphatic carbocycles. The first-order chi connectivity index (χ1) is 3.21. The van der Waals surface area contributed by atoms with Crippen molar-refractivity contribution >= 4 is 23.2 Å². The molecule has 0 N–H and O–H groups in total. The number of halogens is 2. The van der Waals surface area contributed by atoms with Gasteiger partial charge in [-0.25, -0.2) is 0 Å². The Morgan fingerprint density at radius 3 is 2.43 bits per heavy atom. The fourth-order valence-electron chi connectivity index (χ4n) is 0.532. The number of allylic oxidation sites excluding steroid dienone is 2. The van der Waals surface area contributed by atoms with Gasteiger partial charge < -0.3 is 0 Å². The lowest BCUT2D eigenvalue weighted by Crippen LogP contribution is -2.00. The van der Waals surface area contributed by atoms with Crippen LogP contribution in [0.1, 0.15) is 12.8 Å². The van der Waals surface area contributed by atoms with Crippen LogP contribution in [0.15, 0.2) is 6.08 Å². The fourth-order valence-corrected chi connectivity index (χ4v) is 0.876. The fraction of sp³-hybridized carbons (Fsp3) is 0.600. The van der Waals surface area contributed by atoms with E-state index in [0.29, 0.717) is 0 Å². The van der Waals surface area contributed by atoms with Crippen molar-refractivity contribution in [2.24, 2.45) is 0 Å². The van der Waals surface area contributed by atoms with E-state index in [-0.39, 0.29) is 0 Å². The minimum atomic E-state index is -0.597. The SMILES string of the molecule is ClC1(Cl)C=[C]CC1. The van der Waals surface area contributed by atoms with Crippen molar-refractivity contribution in [2.45, 2.75) is 17.2 Å². The number of rotatable bonds is 0. The van der Waals surface area contributed by atoms with Crippen molar-refractivity contribution in [3.8, 4) is 0 Å². The maximum Gasteiger partial charge on any atom is 0.137 e. The summed E-state index contributed by atoms with van der Waals surface area (Å²) in [5.74, 6) is 0. The van der Waals surface area contributed by atoms with E-state index in [1.807, 2.05) is 0 Å². The molecule has 39 valence electrons. The average Bonchev–Trinajstić information content (AvgIpc) is 1.84. The van der Waals surface area contributed by atoms with Crippen LogP contribution in [0.5, 0.6) is 0 Å². The van der Waals surface area contributed by atoms with E-state index in [9.17, 15) is 0 Å². The summed E-state index contributed by atoms with van der Waals surface area (Å²) in [5.41, 5.74) is 0. The van der Waals surface area contributed by atoms with Gasteiger partial charge in [0.05, 0.1) is 0 Å². The molecule has 1 rings (SSSR count). The molecule has 0 aromatic heterocycles. The van der Waals surface area contributed by atoms with Crippen LogP contribution < -0.4 is 0 Å². The summed E-state index contributed by atoms with van der Waals surface area (Å²) in [5, 5.41) is 0. The van der Waals surface area contributed by atoms with Crippen molar-refractivity contribution in [3.05, 3.63) is 12.2 Å². The van der Waals surface area contributed by atoms with Crippen LogP contribution in [0.4, 0.5) is 0 Å². The molecule has 0 nitrogen and oxygen atoms in total. The minimum absolute atomic E-state index is 0.597. The Morgan fingerprint density at radius 2 is 2.29 bits per heavy atom. The minimum Gasteiger partial charge on any atom is -0.0970 e. The van der Waals surface area contributed by atoms with Crippen molar-refractivity contribution < 1.29 is 0 Å². The maximum atomic E-state index is 5.61. The van der Waals surface area contributed by atoms with Gasteiger partial charge in [0.1, 0.15) is 4.33 Å². The molecule has 2 heteroatoms. The number of hydrogen-bond acceptors (Lipinski definition) is 0. The zero-order valence-electron chi connectivity index (χ0n) is 3.75. The van der Waals surface area contributed by atoms with E-state index in [4.69, 9.17) is 23.2 Å². The lowest BCUT2D eigenvalue weighted by molar-refractivity contribution is 0.874. The first-order valence-electron chi connectivity index (χ1n) is 2.16. The monoisotopic (exact) mass is 135 g/mol. The largest absolute Gasteiger partial charge is 0.137 e. The van der Waals surface area contributed by atoms with Gasteiger partial charge in [0.2, 0.25) is 0 Å². The Bertz CT molecular complexity index is 94.3. The van der Waals surface area contributed by atoms with Crippen LogP contribution in [0, 0.1) is 6.08 Å². The van der Waals surface area contributed by atoms with Crippen LogP contribution in [-0.4, -0.2) is 4.33 Å². The molecule has 0 saturated carbocycles. The van der Waals surface area contributed by atoms with Crippen molar-refractivity contribution in [1.29, 1.82) is 0 Å². The van der Waals surface area contributed by atoms with Gasteiger partial charge in [-0.2, -0.15) is 0 Å². The maximum absolute atomic E-state index is 5.61. The molecule has 1 aliphatic rings. The van der Waals surface area contributed by atoms with Crippen molar-refractivity contribution in [1.82, 2.24) is 0 Å². The smallest absolute Gasteiger partial charge is 0.0970 e. The second-order valence-electron chi connectivity index (χ2n) is 1.61. The normalized spacial score (nSPS) is 26.0. The quantitative estimate of drug-likeness (QED) is 0.448. The Kier molecular flexibility index (Phi) is 1.31. The third kappa shape index (κ3) is 1.36.